The normalized spacial score (nSPS) is 11.1. The van der Waals surface area contributed by atoms with Crippen LogP contribution in [0.4, 0.5) is 0 Å². The average Bonchev–Trinajstić information content (AvgIpc) is 3.04. The molecule has 2 aromatic carbocycles. The number of nitrogens with zero attached hydrogens (tertiary/aromatic N) is 2. The van der Waals surface area contributed by atoms with Crippen LogP contribution in [0, 0.1) is 0 Å². The lowest BCUT2D eigenvalue weighted by atomic mass is 10.0. The first-order valence-electron chi connectivity index (χ1n) is 9.73. The number of hydrogen-bond donors (Lipinski definition) is 1. The number of rotatable bonds is 9. The standard InChI is InChI=1S/C23H28N2OS/c1-3-5-11-22-24-21(17-26)23(27-4-2)25(22)16-18-12-14-20(15-13-18)19-9-7-6-8-10-19/h6-10,12-15,26H,3-5,11,16-17H2,1-2H3. The van der Waals surface area contributed by atoms with Crippen molar-refractivity contribution in [3.05, 3.63) is 71.7 Å². The van der Waals surface area contributed by atoms with E-state index in [-0.39, 0.29) is 6.61 Å². The van der Waals surface area contributed by atoms with Crippen LogP contribution in [0.25, 0.3) is 11.1 Å². The first-order chi connectivity index (χ1) is 13.3. The van der Waals surface area contributed by atoms with Crippen molar-refractivity contribution in [1.29, 1.82) is 0 Å². The van der Waals surface area contributed by atoms with Gasteiger partial charge in [-0.1, -0.05) is 74.9 Å². The lowest BCUT2D eigenvalue weighted by Gasteiger charge is -2.13. The molecule has 0 fully saturated rings. The molecule has 3 rings (SSSR count). The molecular formula is C23H28N2OS. The van der Waals surface area contributed by atoms with Gasteiger partial charge in [-0.25, -0.2) is 4.98 Å². The Bertz CT molecular complexity index is 841. The van der Waals surface area contributed by atoms with Gasteiger partial charge in [0.1, 0.15) is 10.9 Å². The van der Waals surface area contributed by atoms with E-state index in [9.17, 15) is 5.11 Å². The van der Waals surface area contributed by atoms with Gasteiger partial charge in [0.15, 0.2) is 0 Å². The molecule has 27 heavy (non-hydrogen) atoms. The van der Waals surface area contributed by atoms with Crippen LogP contribution in [0.2, 0.25) is 0 Å². The molecule has 3 aromatic rings. The molecular weight excluding hydrogens is 352 g/mol. The van der Waals surface area contributed by atoms with Crippen molar-refractivity contribution in [1.82, 2.24) is 9.55 Å². The summed E-state index contributed by atoms with van der Waals surface area (Å²) in [4.78, 5) is 4.74. The van der Waals surface area contributed by atoms with Gasteiger partial charge < -0.3 is 9.67 Å². The zero-order valence-corrected chi connectivity index (χ0v) is 17.0. The summed E-state index contributed by atoms with van der Waals surface area (Å²) in [5.41, 5.74) is 4.54. The van der Waals surface area contributed by atoms with Gasteiger partial charge in [-0.3, -0.25) is 0 Å². The van der Waals surface area contributed by atoms with E-state index in [1.165, 1.54) is 16.7 Å². The average molecular weight is 381 g/mol. The molecule has 3 nitrogen and oxygen atoms in total. The summed E-state index contributed by atoms with van der Waals surface area (Å²) >= 11 is 1.77. The van der Waals surface area contributed by atoms with Crippen LogP contribution in [0.3, 0.4) is 0 Å². The number of aromatic nitrogens is 2. The van der Waals surface area contributed by atoms with Crippen molar-refractivity contribution in [2.75, 3.05) is 5.75 Å². The molecule has 0 unspecified atom stereocenters. The van der Waals surface area contributed by atoms with Crippen LogP contribution in [-0.2, 0) is 19.6 Å². The van der Waals surface area contributed by atoms with E-state index in [0.29, 0.717) is 0 Å². The number of aryl methyl sites for hydroxylation is 1. The third-order valence-corrected chi connectivity index (χ3v) is 5.67. The molecule has 0 aliphatic rings. The Labute approximate surface area is 166 Å². The van der Waals surface area contributed by atoms with Gasteiger partial charge in [0, 0.05) is 13.0 Å². The predicted octanol–water partition coefficient (Wildman–Crippen LogP) is 5.55. The predicted molar refractivity (Wildman–Crippen MR) is 114 cm³/mol. The van der Waals surface area contributed by atoms with Gasteiger partial charge in [-0.15, -0.1) is 11.8 Å². The monoisotopic (exact) mass is 380 g/mol. The fourth-order valence-corrected chi connectivity index (χ4v) is 4.12. The summed E-state index contributed by atoms with van der Waals surface area (Å²) in [6.45, 7) is 5.14. The fourth-order valence-electron chi connectivity index (χ4n) is 3.24. The van der Waals surface area contributed by atoms with E-state index >= 15 is 0 Å². The minimum atomic E-state index is 0.00139. The summed E-state index contributed by atoms with van der Waals surface area (Å²) in [7, 11) is 0. The fraction of sp³-hybridized carbons (Fsp3) is 0.348. The lowest BCUT2D eigenvalue weighted by molar-refractivity contribution is 0.273. The second-order valence-electron chi connectivity index (χ2n) is 6.62. The van der Waals surface area contributed by atoms with Gasteiger partial charge in [-0.05, 0) is 28.9 Å². The molecule has 0 aliphatic carbocycles. The zero-order valence-electron chi connectivity index (χ0n) is 16.2. The molecule has 142 valence electrons. The van der Waals surface area contributed by atoms with Crippen LogP contribution >= 0.6 is 11.8 Å². The van der Waals surface area contributed by atoms with Gasteiger partial charge >= 0.3 is 0 Å². The molecule has 1 N–H and O–H groups in total. The minimum Gasteiger partial charge on any atom is -0.390 e. The molecule has 0 radical (unpaired) electrons. The van der Waals surface area contributed by atoms with E-state index in [1.807, 2.05) is 6.07 Å². The van der Waals surface area contributed by atoms with Crippen LogP contribution in [0.5, 0.6) is 0 Å². The largest absolute Gasteiger partial charge is 0.390 e. The van der Waals surface area contributed by atoms with Crippen molar-refractivity contribution >= 4 is 11.8 Å². The Morgan fingerprint density at radius 3 is 2.30 bits per heavy atom. The van der Waals surface area contributed by atoms with Crippen molar-refractivity contribution in [2.24, 2.45) is 0 Å². The number of benzene rings is 2. The Morgan fingerprint density at radius 2 is 1.67 bits per heavy atom. The highest BCUT2D eigenvalue weighted by Gasteiger charge is 2.16. The van der Waals surface area contributed by atoms with Gasteiger partial charge in [0.25, 0.3) is 0 Å². The quantitative estimate of drug-likeness (QED) is 0.495. The van der Waals surface area contributed by atoms with Crippen LogP contribution in [-0.4, -0.2) is 20.4 Å². The maximum atomic E-state index is 9.75. The molecule has 0 atom stereocenters. The summed E-state index contributed by atoms with van der Waals surface area (Å²) in [5.74, 6) is 2.06. The molecule has 0 spiro atoms. The number of imidazole rings is 1. The van der Waals surface area contributed by atoms with Gasteiger partial charge in [0.05, 0.1) is 12.3 Å². The van der Waals surface area contributed by atoms with Crippen molar-refractivity contribution in [2.45, 2.75) is 51.3 Å². The molecule has 1 aromatic heterocycles. The Balaban J connectivity index is 1.88. The van der Waals surface area contributed by atoms with E-state index in [2.05, 4.69) is 66.9 Å². The van der Waals surface area contributed by atoms with Crippen LogP contribution in [0.15, 0.2) is 59.6 Å². The zero-order chi connectivity index (χ0) is 19.1. The van der Waals surface area contributed by atoms with Gasteiger partial charge in [0.2, 0.25) is 0 Å². The maximum absolute atomic E-state index is 9.75. The van der Waals surface area contributed by atoms with E-state index in [0.717, 1.165) is 48.1 Å². The molecule has 4 heteroatoms. The molecule has 0 amide bonds. The maximum Gasteiger partial charge on any atom is 0.110 e. The second-order valence-corrected chi connectivity index (χ2v) is 7.88. The highest BCUT2D eigenvalue weighted by molar-refractivity contribution is 7.99. The SMILES string of the molecule is CCCCc1nc(CO)c(SCC)n1Cc1ccc(-c2ccccc2)cc1. The lowest BCUT2D eigenvalue weighted by Crippen LogP contribution is -2.07. The van der Waals surface area contributed by atoms with Crippen molar-refractivity contribution < 1.29 is 5.11 Å². The van der Waals surface area contributed by atoms with E-state index in [1.54, 1.807) is 11.8 Å². The smallest absolute Gasteiger partial charge is 0.110 e. The Kier molecular flexibility index (Phi) is 7.13. The molecule has 0 saturated heterocycles. The summed E-state index contributed by atoms with van der Waals surface area (Å²) < 4.78 is 2.30. The first-order valence-corrected chi connectivity index (χ1v) is 10.7. The van der Waals surface area contributed by atoms with Gasteiger partial charge in [-0.2, -0.15) is 0 Å². The second kappa shape index (κ2) is 9.77. The van der Waals surface area contributed by atoms with E-state index in [4.69, 9.17) is 4.98 Å². The third kappa shape index (κ3) is 4.82. The highest BCUT2D eigenvalue weighted by atomic mass is 32.2. The first kappa shape index (κ1) is 19.7. The highest BCUT2D eigenvalue weighted by Crippen LogP contribution is 2.27. The number of aliphatic hydroxyl groups excluding tert-OH is 1. The Hall–Kier alpha value is -2.04. The summed E-state index contributed by atoms with van der Waals surface area (Å²) in [5, 5.41) is 10.9. The number of hydrogen-bond acceptors (Lipinski definition) is 3. The van der Waals surface area contributed by atoms with Crippen LogP contribution < -0.4 is 0 Å². The number of aliphatic hydroxyl groups is 1. The molecule has 0 bridgehead atoms. The molecule has 0 aliphatic heterocycles. The van der Waals surface area contributed by atoms with Crippen molar-refractivity contribution in [3.8, 4) is 11.1 Å². The molecule has 1 heterocycles. The van der Waals surface area contributed by atoms with E-state index < -0.39 is 0 Å². The number of thioether (sulfide) groups is 1. The topological polar surface area (TPSA) is 38.1 Å². The summed E-state index contributed by atoms with van der Waals surface area (Å²) in [6, 6.07) is 19.2. The molecule has 0 saturated carbocycles. The summed E-state index contributed by atoms with van der Waals surface area (Å²) in [6.07, 6.45) is 3.21. The minimum absolute atomic E-state index is 0.00139. The number of unbranched alkanes of at least 4 members (excludes halogenated alkanes) is 1. The van der Waals surface area contributed by atoms with Crippen LogP contribution in [0.1, 0.15) is 43.8 Å². The van der Waals surface area contributed by atoms with Crippen molar-refractivity contribution in [3.63, 3.8) is 0 Å². The third-order valence-electron chi connectivity index (χ3n) is 4.65. The Morgan fingerprint density at radius 1 is 0.963 bits per heavy atom.